The zero-order chi connectivity index (χ0) is 15.5. The molecule has 2 aromatic carbocycles. The Labute approximate surface area is 137 Å². The molecule has 0 unspecified atom stereocenters. The molecule has 0 fully saturated rings. The van der Waals surface area contributed by atoms with E-state index in [4.69, 9.17) is 0 Å². The van der Waals surface area contributed by atoms with Gasteiger partial charge in [0, 0.05) is 4.43 Å². The fourth-order valence-corrected chi connectivity index (χ4v) is 4.11. The molecule has 21 heavy (non-hydrogen) atoms. The highest BCUT2D eigenvalue weighted by Gasteiger charge is 2.20. The van der Waals surface area contributed by atoms with Crippen molar-refractivity contribution in [3.8, 4) is 0 Å². The molecule has 0 radical (unpaired) electrons. The Bertz CT molecular complexity index is 699. The summed E-state index contributed by atoms with van der Waals surface area (Å²) in [6, 6.07) is 12.1. The summed E-state index contributed by atoms with van der Waals surface area (Å²) in [4.78, 5) is 0.227. The molecule has 2 rings (SSSR count). The van der Waals surface area contributed by atoms with Gasteiger partial charge in [-0.15, -0.1) is 0 Å². The van der Waals surface area contributed by atoms with Crippen LogP contribution < -0.4 is 4.72 Å². The quantitative estimate of drug-likeness (QED) is 0.595. The van der Waals surface area contributed by atoms with Gasteiger partial charge in [0.15, 0.2) is 0 Å². The van der Waals surface area contributed by atoms with E-state index >= 15 is 0 Å². The van der Waals surface area contributed by atoms with E-state index < -0.39 is 16.1 Å². The Morgan fingerprint density at radius 2 is 1.67 bits per heavy atom. The second kappa shape index (κ2) is 6.85. The minimum absolute atomic E-state index is 0.227. The van der Waals surface area contributed by atoms with Crippen LogP contribution in [0.2, 0.25) is 0 Å². The largest absolute Gasteiger partial charge is 0.241 e. The van der Waals surface area contributed by atoms with Crippen molar-refractivity contribution in [1.82, 2.24) is 4.72 Å². The average Bonchev–Trinajstić information content (AvgIpc) is 2.46. The summed E-state index contributed by atoms with van der Waals surface area (Å²) in [6.07, 6.45) is 0. The normalized spacial score (nSPS) is 13.1. The lowest BCUT2D eigenvalue weighted by Gasteiger charge is -2.17. The van der Waals surface area contributed by atoms with E-state index in [1.807, 2.05) is 6.92 Å². The van der Waals surface area contributed by atoms with Gasteiger partial charge in [0.1, 0.15) is 5.82 Å². The molecule has 1 N–H and O–H groups in total. The summed E-state index contributed by atoms with van der Waals surface area (Å²) in [5, 5.41) is 0. The third kappa shape index (κ3) is 4.24. The maximum Gasteiger partial charge on any atom is 0.241 e. The highest BCUT2D eigenvalue weighted by molar-refractivity contribution is 14.1. The fraction of sp³-hybridized carbons (Fsp3) is 0.200. The predicted molar refractivity (Wildman–Crippen MR) is 89.5 cm³/mol. The van der Waals surface area contributed by atoms with Crippen molar-refractivity contribution < 1.29 is 12.8 Å². The number of hydrogen-bond donors (Lipinski definition) is 1. The summed E-state index contributed by atoms with van der Waals surface area (Å²) >= 11 is 2.11. The summed E-state index contributed by atoms with van der Waals surface area (Å²) in [7, 11) is -3.60. The smallest absolute Gasteiger partial charge is 0.207 e. The predicted octanol–water partition coefficient (Wildman–Crippen LogP) is 3.59. The van der Waals surface area contributed by atoms with E-state index in [0.717, 1.165) is 11.1 Å². The lowest BCUT2D eigenvalue weighted by atomic mass is 10.1. The van der Waals surface area contributed by atoms with Crippen molar-refractivity contribution in [2.24, 2.45) is 0 Å². The number of nitrogens with one attached hydrogen (secondary N) is 1. The number of alkyl halides is 1. The first-order valence-corrected chi connectivity index (χ1v) is 9.33. The van der Waals surface area contributed by atoms with Crippen molar-refractivity contribution in [3.63, 3.8) is 0 Å². The number of rotatable bonds is 5. The molecule has 0 amide bonds. The van der Waals surface area contributed by atoms with Crippen LogP contribution in [-0.4, -0.2) is 12.8 Å². The van der Waals surface area contributed by atoms with Crippen molar-refractivity contribution in [1.29, 1.82) is 0 Å². The van der Waals surface area contributed by atoms with Crippen LogP contribution >= 0.6 is 22.6 Å². The molecule has 0 saturated heterocycles. The van der Waals surface area contributed by atoms with E-state index in [2.05, 4.69) is 27.3 Å². The van der Waals surface area contributed by atoms with E-state index in [1.54, 1.807) is 36.4 Å². The Balaban J connectivity index is 2.24. The first-order chi connectivity index (χ1) is 9.92. The topological polar surface area (TPSA) is 46.2 Å². The molecule has 6 heteroatoms. The number of hydrogen-bond acceptors (Lipinski definition) is 2. The Morgan fingerprint density at radius 3 is 2.19 bits per heavy atom. The van der Waals surface area contributed by atoms with Crippen LogP contribution in [0.3, 0.4) is 0 Å². The monoisotopic (exact) mass is 419 g/mol. The molecule has 0 heterocycles. The maximum absolute atomic E-state index is 13.0. The molecule has 0 saturated carbocycles. The lowest BCUT2D eigenvalue weighted by Crippen LogP contribution is -2.29. The van der Waals surface area contributed by atoms with Gasteiger partial charge in [0.05, 0.1) is 10.9 Å². The van der Waals surface area contributed by atoms with Crippen LogP contribution in [0.15, 0.2) is 53.4 Å². The van der Waals surface area contributed by atoms with Gasteiger partial charge in [-0.05, 0) is 36.8 Å². The Morgan fingerprint density at radius 1 is 1.10 bits per heavy atom. The molecule has 0 aliphatic heterocycles. The highest BCUT2D eigenvalue weighted by Crippen LogP contribution is 2.20. The minimum atomic E-state index is -3.60. The molecule has 3 nitrogen and oxygen atoms in total. The maximum atomic E-state index is 13.0. The van der Waals surface area contributed by atoms with Crippen LogP contribution in [-0.2, 0) is 10.0 Å². The molecule has 112 valence electrons. The van der Waals surface area contributed by atoms with Gasteiger partial charge in [-0.25, -0.2) is 17.5 Å². The molecular formula is C15H15FINO2S. The SMILES string of the molecule is Cc1ccc(S(=O)(=O)N[C@H](CI)c2ccc(F)cc2)cc1. The van der Waals surface area contributed by atoms with Crippen molar-refractivity contribution in [3.05, 3.63) is 65.5 Å². The van der Waals surface area contributed by atoms with E-state index in [-0.39, 0.29) is 10.7 Å². The lowest BCUT2D eigenvalue weighted by molar-refractivity contribution is 0.569. The summed E-state index contributed by atoms with van der Waals surface area (Å²) < 4.78 is 40.9. The van der Waals surface area contributed by atoms with Crippen molar-refractivity contribution >= 4 is 32.6 Å². The van der Waals surface area contributed by atoms with Crippen molar-refractivity contribution in [2.75, 3.05) is 4.43 Å². The van der Waals surface area contributed by atoms with Gasteiger partial charge in [-0.2, -0.15) is 0 Å². The third-order valence-corrected chi connectivity index (χ3v) is 5.42. The second-order valence-electron chi connectivity index (χ2n) is 4.69. The molecule has 0 bridgehead atoms. The van der Waals surface area contributed by atoms with Gasteiger partial charge >= 0.3 is 0 Å². The van der Waals surface area contributed by atoms with E-state index in [9.17, 15) is 12.8 Å². The van der Waals surface area contributed by atoms with Gasteiger partial charge in [-0.1, -0.05) is 52.4 Å². The zero-order valence-corrected chi connectivity index (χ0v) is 14.4. The number of aryl methyl sites for hydroxylation is 1. The summed E-state index contributed by atoms with van der Waals surface area (Å²) in [6.45, 7) is 1.90. The molecule has 2 aromatic rings. The van der Waals surface area contributed by atoms with Crippen LogP contribution in [0.25, 0.3) is 0 Å². The summed E-state index contributed by atoms with van der Waals surface area (Å²) in [5.74, 6) is -0.340. The standard InChI is InChI=1S/C15H15FINO2S/c1-11-2-8-14(9-3-11)21(19,20)18-15(10-17)12-4-6-13(16)7-5-12/h2-9,15,18H,10H2,1H3/t15-/m1/s1. The average molecular weight is 419 g/mol. The molecular weight excluding hydrogens is 404 g/mol. The Hall–Kier alpha value is -0.990. The number of benzene rings is 2. The summed E-state index contributed by atoms with van der Waals surface area (Å²) in [5.41, 5.74) is 1.74. The fourth-order valence-electron chi connectivity index (χ4n) is 1.86. The van der Waals surface area contributed by atoms with Crippen LogP contribution in [0.1, 0.15) is 17.2 Å². The van der Waals surface area contributed by atoms with Crippen LogP contribution in [0.4, 0.5) is 4.39 Å². The molecule has 0 aliphatic rings. The number of sulfonamides is 1. The van der Waals surface area contributed by atoms with Gasteiger partial charge in [0.2, 0.25) is 10.0 Å². The Kier molecular flexibility index (Phi) is 5.34. The van der Waals surface area contributed by atoms with Gasteiger partial charge in [-0.3, -0.25) is 0 Å². The van der Waals surface area contributed by atoms with Crippen molar-refractivity contribution in [2.45, 2.75) is 17.9 Å². The highest BCUT2D eigenvalue weighted by atomic mass is 127. The molecule has 0 spiro atoms. The van der Waals surface area contributed by atoms with Crippen LogP contribution in [0, 0.1) is 12.7 Å². The van der Waals surface area contributed by atoms with Crippen LogP contribution in [0.5, 0.6) is 0 Å². The van der Waals surface area contributed by atoms with E-state index in [0.29, 0.717) is 4.43 Å². The first kappa shape index (κ1) is 16.4. The second-order valence-corrected chi connectivity index (χ2v) is 7.29. The molecule has 0 aromatic heterocycles. The van der Waals surface area contributed by atoms with E-state index in [1.165, 1.54) is 12.1 Å². The molecule has 1 atom stereocenters. The van der Waals surface area contributed by atoms with Gasteiger partial charge < -0.3 is 0 Å². The molecule has 0 aliphatic carbocycles. The minimum Gasteiger partial charge on any atom is -0.207 e. The third-order valence-electron chi connectivity index (χ3n) is 3.06. The first-order valence-electron chi connectivity index (χ1n) is 6.33. The van der Waals surface area contributed by atoms with Gasteiger partial charge in [0.25, 0.3) is 0 Å². The zero-order valence-electron chi connectivity index (χ0n) is 11.4. The number of halogens is 2.